The van der Waals surface area contributed by atoms with Gasteiger partial charge >= 0.3 is 0 Å². The number of nitro benzene ring substituents is 1. The van der Waals surface area contributed by atoms with E-state index in [2.05, 4.69) is 5.10 Å². The summed E-state index contributed by atoms with van der Waals surface area (Å²) >= 11 is 0. The van der Waals surface area contributed by atoms with Gasteiger partial charge in [-0.05, 0) is 36.8 Å². The van der Waals surface area contributed by atoms with Crippen molar-refractivity contribution in [3.8, 4) is 0 Å². The van der Waals surface area contributed by atoms with Gasteiger partial charge in [0.05, 0.1) is 21.8 Å². The van der Waals surface area contributed by atoms with Crippen molar-refractivity contribution >= 4 is 33.9 Å². The van der Waals surface area contributed by atoms with Crippen LogP contribution in [0.25, 0.3) is 10.9 Å². The maximum absolute atomic E-state index is 14.0. The first-order chi connectivity index (χ1) is 16.5. The number of aromatic nitrogens is 1. The van der Waals surface area contributed by atoms with Crippen molar-refractivity contribution in [1.29, 1.82) is 0 Å². The maximum atomic E-state index is 14.0. The summed E-state index contributed by atoms with van der Waals surface area (Å²) in [6.07, 6.45) is 0. The molecule has 0 radical (unpaired) electrons. The van der Waals surface area contributed by atoms with Crippen LogP contribution in [0.15, 0.2) is 96.1 Å². The van der Waals surface area contributed by atoms with E-state index in [0.29, 0.717) is 11.4 Å². The summed E-state index contributed by atoms with van der Waals surface area (Å²) in [6, 6.07) is 27.7. The molecule has 166 valence electrons. The van der Waals surface area contributed by atoms with E-state index in [1.54, 1.807) is 12.1 Å². The smallest absolute Gasteiger partial charge is 0.269 e. The van der Waals surface area contributed by atoms with Gasteiger partial charge < -0.3 is 0 Å². The number of non-ortho nitro benzene ring substituents is 1. The van der Waals surface area contributed by atoms with E-state index in [1.807, 2.05) is 79.7 Å². The standard InChI is InChI=1S/C27H20N4O3/c1-17-27(26(32)30(29-17)20-10-3-2-4-11-20)24(19-9-7-12-21(16-19)31(33)34)25(27)23-15-14-18-8-5-6-13-22(18)28-23/h2-16,24-25H,1H3/t24-,25+,27+/m0/s1. The molecule has 1 aromatic heterocycles. The number of carbonyl (C=O) groups is 1. The van der Waals surface area contributed by atoms with Crippen molar-refractivity contribution < 1.29 is 9.72 Å². The lowest BCUT2D eigenvalue weighted by Crippen LogP contribution is -2.30. The number of fused-ring (bicyclic) bond motifs is 1. The van der Waals surface area contributed by atoms with Crippen molar-refractivity contribution in [3.05, 3.63) is 112 Å². The lowest BCUT2D eigenvalue weighted by Gasteiger charge is -2.15. The van der Waals surface area contributed by atoms with Crippen LogP contribution in [0.3, 0.4) is 0 Å². The fourth-order valence-electron chi connectivity index (χ4n) is 5.40. The Labute approximate surface area is 195 Å². The van der Waals surface area contributed by atoms with Crippen LogP contribution in [-0.4, -0.2) is 21.5 Å². The van der Waals surface area contributed by atoms with Crippen molar-refractivity contribution in [2.75, 3.05) is 5.01 Å². The molecule has 1 spiro atoms. The number of para-hydroxylation sites is 2. The normalized spacial score (nSPS) is 23.4. The van der Waals surface area contributed by atoms with Gasteiger partial charge in [0.2, 0.25) is 0 Å². The van der Waals surface area contributed by atoms with Gasteiger partial charge in [-0.15, -0.1) is 0 Å². The summed E-state index contributed by atoms with van der Waals surface area (Å²) in [7, 11) is 0. The molecular formula is C27H20N4O3. The van der Waals surface area contributed by atoms with Crippen LogP contribution in [0.2, 0.25) is 0 Å². The molecule has 2 heterocycles. The number of hydrogen-bond donors (Lipinski definition) is 0. The zero-order valence-electron chi connectivity index (χ0n) is 18.3. The molecule has 34 heavy (non-hydrogen) atoms. The van der Waals surface area contributed by atoms with Gasteiger partial charge in [0.25, 0.3) is 11.6 Å². The molecule has 1 aliphatic carbocycles. The second kappa shape index (κ2) is 7.31. The van der Waals surface area contributed by atoms with Gasteiger partial charge in [-0.1, -0.05) is 54.6 Å². The van der Waals surface area contributed by atoms with Crippen LogP contribution >= 0.6 is 0 Å². The Morgan fingerprint density at radius 1 is 0.912 bits per heavy atom. The fourth-order valence-corrected chi connectivity index (χ4v) is 5.40. The molecule has 7 nitrogen and oxygen atoms in total. The number of rotatable bonds is 4. The molecule has 6 rings (SSSR count). The highest BCUT2D eigenvalue weighted by Crippen LogP contribution is 2.73. The quantitative estimate of drug-likeness (QED) is 0.307. The van der Waals surface area contributed by atoms with E-state index in [-0.39, 0.29) is 23.4 Å². The Balaban J connectivity index is 1.51. The Hall–Kier alpha value is -4.39. The first kappa shape index (κ1) is 20.2. The number of benzene rings is 3. The van der Waals surface area contributed by atoms with Crippen LogP contribution in [0, 0.1) is 15.5 Å². The molecule has 0 bridgehead atoms. The number of anilines is 1. The van der Waals surface area contributed by atoms with Gasteiger partial charge in [0.1, 0.15) is 5.41 Å². The van der Waals surface area contributed by atoms with Crippen molar-refractivity contribution in [3.63, 3.8) is 0 Å². The van der Waals surface area contributed by atoms with Gasteiger partial charge in [-0.2, -0.15) is 10.1 Å². The number of carbonyl (C=O) groups excluding carboxylic acids is 1. The number of hydrogen-bond acceptors (Lipinski definition) is 5. The minimum absolute atomic E-state index is 0.00437. The Morgan fingerprint density at radius 3 is 2.47 bits per heavy atom. The zero-order chi connectivity index (χ0) is 23.4. The largest absolute Gasteiger partial charge is 0.271 e. The molecule has 3 aromatic carbocycles. The first-order valence-corrected chi connectivity index (χ1v) is 11.1. The molecule has 0 N–H and O–H groups in total. The molecule has 0 unspecified atom stereocenters. The maximum Gasteiger partial charge on any atom is 0.269 e. The highest BCUT2D eigenvalue weighted by atomic mass is 16.6. The fraction of sp³-hybridized carbons (Fsp3) is 0.148. The van der Waals surface area contributed by atoms with E-state index in [4.69, 9.17) is 4.98 Å². The Morgan fingerprint density at radius 2 is 1.68 bits per heavy atom. The highest BCUT2D eigenvalue weighted by molar-refractivity contribution is 6.23. The second-order valence-corrected chi connectivity index (χ2v) is 8.74. The van der Waals surface area contributed by atoms with E-state index in [0.717, 1.165) is 22.2 Å². The molecule has 0 saturated heterocycles. The van der Waals surface area contributed by atoms with Crippen LogP contribution in [-0.2, 0) is 4.79 Å². The van der Waals surface area contributed by atoms with Gasteiger partial charge in [-0.25, -0.2) is 0 Å². The van der Waals surface area contributed by atoms with Crippen LogP contribution in [0.5, 0.6) is 0 Å². The van der Waals surface area contributed by atoms with E-state index in [9.17, 15) is 14.9 Å². The third kappa shape index (κ3) is 2.80. The topological polar surface area (TPSA) is 88.7 Å². The van der Waals surface area contributed by atoms with Gasteiger partial charge in [0.15, 0.2) is 0 Å². The minimum atomic E-state index is -0.930. The molecule has 3 atom stereocenters. The van der Waals surface area contributed by atoms with E-state index < -0.39 is 10.3 Å². The molecule has 1 aliphatic heterocycles. The van der Waals surface area contributed by atoms with E-state index >= 15 is 0 Å². The monoisotopic (exact) mass is 448 g/mol. The zero-order valence-corrected chi connectivity index (χ0v) is 18.3. The summed E-state index contributed by atoms with van der Waals surface area (Å²) in [5.74, 6) is -0.706. The average molecular weight is 448 g/mol. The highest BCUT2D eigenvalue weighted by Gasteiger charge is 2.76. The van der Waals surface area contributed by atoms with E-state index in [1.165, 1.54) is 11.1 Å². The molecule has 1 amide bonds. The first-order valence-electron chi connectivity index (χ1n) is 11.1. The number of nitrogens with zero attached hydrogens (tertiary/aromatic N) is 4. The third-order valence-electron chi connectivity index (χ3n) is 6.98. The van der Waals surface area contributed by atoms with Crippen LogP contribution in [0.4, 0.5) is 11.4 Å². The second-order valence-electron chi connectivity index (χ2n) is 8.74. The molecular weight excluding hydrogens is 428 g/mol. The molecule has 1 saturated carbocycles. The molecule has 2 aliphatic rings. The number of pyridine rings is 1. The summed E-state index contributed by atoms with van der Waals surface area (Å²) in [5.41, 5.74) is 2.83. The summed E-state index contributed by atoms with van der Waals surface area (Å²) in [6.45, 7) is 1.87. The SMILES string of the molecule is CC1=NN(c2ccccc2)C(=O)[C@]12[C@H](c1ccc3ccccc3n1)[C@@H]2c1cccc([N+](=O)[O-])c1. The van der Waals surface area contributed by atoms with Crippen LogP contribution in [0.1, 0.15) is 30.0 Å². The van der Waals surface area contributed by atoms with Gasteiger partial charge in [-0.3, -0.25) is 19.9 Å². The average Bonchev–Trinajstić information content (AvgIpc) is 3.51. The number of amides is 1. The summed E-state index contributed by atoms with van der Waals surface area (Å²) in [5, 5.41) is 18.6. The number of hydrazone groups is 1. The van der Waals surface area contributed by atoms with Crippen molar-refractivity contribution in [1.82, 2.24) is 4.98 Å². The summed E-state index contributed by atoms with van der Waals surface area (Å²) < 4.78 is 0. The molecule has 4 aromatic rings. The molecule has 7 heteroatoms. The number of nitro groups is 1. The molecule has 1 fully saturated rings. The lowest BCUT2D eigenvalue weighted by molar-refractivity contribution is -0.384. The Kier molecular flexibility index (Phi) is 4.35. The minimum Gasteiger partial charge on any atom is -0.271 e. The lowest BCUT2D eigenvalue weighted by atomic mass is 9.92. The Bertz CT molecular complexity index is 1500. The van der Waals surface area contributed by atoms with Gasteiger partial charge in [0, 0.05) is 35.0 Å². The predicted octanol–water partition coefficient (Wildman–Crippen LogP) is 5.43. The third-order valence-corrected chi connectivity index (χ3v) is 6.98. The predicted molar refractivity (Wildman–Crippen MR) is 130 cm³/mol. The van der Waals surface area contributed by atoms with Crippen molar-refractivity contribution in [2.24, 2.45) is 10.5 Å². The van der Waals surface area contributed by atoms with Crippen molar-refractivity contribution in [2.45, 2.75) is 18.8 Å². The van der Waals surface area contributed by atoms with Crippen LogP contribution < -0.4 is 5.01 Å². The summed E-state index contributed by atoms with van der Waals surface area (Å²) in [4.78, 5) is 30.0.